The highest BCUT2D eigenvalue weighted by molar-refractivity contribution is 9.08. The summed E-state index contributed by atoms with van der Waals surface area (Å²) in [5, 5.41) is 0.818. The Morgan fingerprint density at radius 1 is 1.38 bits per heavy atom. The van der Waals surface area contributed by atoms with Crippen LogP contribution >= 0.6 is 15.9 Å². The first-order chi connectivity index (χ1) is 7.61. The second-order valence-electron chi connectivity index (χ2n) is 5.21. The van der Waals surface area contributed by atoms with Crippen molar-refractivity contribution in [3.8, 4) is 0 Å². The van der Waals surface area contributed by atoms with E-state index in [1.165, 1.54) is 12.8 Å². The molecule has 88 valence electrons. The number of rotatable bonds is 2. The fourth-order valence-corrected chi connectivity index (χ4v) is 2.46. The number of hydrogen-bond acceptors (Lipinski definition) is 3. The van der Waals surface area contributed by atoms with Crippen LogP contribution in [0.25, 0.3) is 0 Å². The Morgan fingerprint density at radius 3 is 2.62 bits per heavy atom. The minimum absolute atomic E-state index is 0.385. The molecule has 3 nitrogen and oxygen atoms in total. The van der Waals surface area contributed by atoms with Crippen molar-refractivity contribution >= 4 is 21.9 Å². The third kappa shape index (κ3) is 2.73. The second kappa shape index (κ2) is 4.70. The first kappa shape index (κ1) is 11.8. The first-order valence-corrected chi connectivity index (χ1v) is 6.85. The summed E-state index contributed by atoms with van der Waals surface area (Å²) < 4.78 is 0. The van der Waals surface area contributed by atoms with Gasteiger partial charge in [-0.1, -0.05) is 29.8 Å². The van der Waals surface area contributed by atoms with E-state index in [0.717, 1.165) is 29.9 Å². The van der Waals surface area contributed by atoms with Gasteiger partial charge in [0.25, 0.3) is 0 Å². The summed E-state index contributed by atoms with van der Waals surface area (Å²) in [6, 6.07) is 0. The van der Waals surface area contributed by atoms with Crippen LogP contribution in [-0.2, 0) is 5.33 Å². The number of anilines is 1. The van der Waals surface area contributed by atoms with E-state index in [2.05, 4.69) is 44.6 Å². The molecule has 1 aromatic heterocycles. The maximum atomic E-state index is 4.42. The van der Waals surface area contributed by atoms with E-state index in [9.17, 15) is 0 Å². The quantitative estimate of drug-likeness (QED) is 0.782. The molecule has 0 N–H and O–H groups in total. The van der Waals surface area contributed by atoms with Crippen molar-refractivity contribution in [2.45, 2.75) is 32.0 Å². The summed E-state index contributed by atoms with van der Waals surface area (Å²) in [4.78, 5) is 11.1. The van der Waals surface area contributed by atoms with Crippen LogP contribution in [0.5, 0.6) is 0 Å². The average Bonchev–Trinajstić information content (AvgIpc) is 2.28. The molecule has 2 rings (SSSR count). The molecule has 2 heterocycles. The van der Waals surface area contributed by atoms with Crippen LogP contribution in [0.1, 0.15) is 32.3 Å². The Hall–Kier alpha value is -0.640. The molecule has 1 aliphatic rings. The summed E-state index contributed by atoms with van der Waals surface area (Å²) in [6.45, 7) is 6.76. The van der Waals surface area contributed by atoms with Crippen molar-refractivity contribution < 1.29 is 0 Å². The molecule has 0 aliphatic carbocycles. The van der Waals surface area contributed by atoms with Crippen molar-refractivity contribution in [1.82, 2.24) is 9.97 Å². The fraction of sp³-hybridized carbons (Fsp3) is 0.667. The van der Waals surface area contributed by atoms with Crippen LogP contribution in [-0.4, -0.2) is 23.1 Å². The van der Waals surface area contributed by atoms with Gasteiger partial charge in [0, 0.05) is 30.8 Å². The maximum Gasteiger partial charge on any atom is 0.225 e. The molecule has 4 heteroatoms. The van der Waals surface area contributed by atoms with Gasteiger partial charge < -0.3 is 4.90 Å². The molecular formula is C12H18BrN3. The van der Waals surface area contributed by atoms with E-state index in [0.29, 0.717) is 5.41 Å². The van der Waals surface area contributed by atoms with Crippen LogP contribution < -0.4 is 4.90 Å². The van der Waals surface area contributed by atoms with Gasteiger partial charge in [-0.2, -0.15) is 0 Å². The smallest absolute Gasteiger partial charge is 0.225 e. The monoisotopic (exact) mass is 283 g/mol. The Labute approximate surface area is 105 Å². The molecule has 0 radical (unpaired) electrons. The van der Waals surface area contributed by atoms with Crippen LogP contribution in [0.15, 0.2) is 12.4 Å². The van der Waals surface area contributed by atoms with Crippen LogP contribution in [0.4, 0.5) is 5.95 Å². The van der Waals surface area contributed by atoms with Crippen LogP contribution in [0, 0.1) is 5.41 Å². The highest BCUT2D eigenvalue weighted by Gasteiger charge is 2.27. The molecular weight excluding hydrogens is 266 g/mol. The molecule has 0 amide bonds. The molecule has 0 unspecified atom stereocenters. The molecule has 0 spiro atoms. The largest absolute Gasteiger partial charge is 0.340 e. The number of hydrogen-bond donors (Lipinski definition) is 0. The highest BCUT2D eigenvalue weighted by atomic mass is 79.9. The van der Waals surface area contributed by atoms with E-state index in [-0.39, 0.29) is 0 Å². The zero-order chi connectivity index (χ0) is 11.6. The van der Waals surface area contributed by atoms with E-state index in [4.69, 9.17) is 0 Å². The lowest BCUT2D eigenvalue weighted by molar-refractivity contribution is 0.291. The van der Waals surface area contributed by atoms with Gasteiger partial charge in [0.05, 0.1) is 0 Å². The van der Waals surface area contributed by atoms with Crippen LogP contribution in [0.3, 0.4) is 0 Å². The minimum Gasteiger partial charge on any atom is -0.340 e. The molecule has 1 aromatic rings. The molecule has 0 aromatic carbocycles. The van der Waals surface area contributed by atoms with Crippen molar-refractivity contribution in [2.75, 3.05) is 18.0 Å². The third-order valence-electron chi connectivity index (χ3n) is 3.03. The first-order valence-electron chi connectivity index (χ1n) is 5.72. The normalized spacial score (nSPS) is 19.8. The molecule has 0 saturated carbocycles. The lowest BCUT2D eigenvalue weighted by Crippen LogP contribution is -2.40. The maximum absolute atomic E-state index is 4.42. The van der Waals surface area contributed by atoms with Crippen LogP contribution in [0.2, 0.25) is 0 Å². The summed E-state index contributed by atoms with van der Waals surface area (Å²) >= 11 is 3.40. The van der Waals surface area contributed by atoms with Gasteiger partial charge in [-0.3, -0.25) is 0 Å². The van der Waals surface area contributed by atoms with Gasteiger partial charge in [-0.25, -0.2) is 9.97 Å². The molecule has 1 fully saturated rings. The molecule has 1 aliphatic heterocycles. The number of alkyl halides is 1. The summed E-state index contributed by atoms with van der Waals surface area (Å²) in [5.74, 6) is 0.873. The van der Waals surface area contributed by atoms with Crippen molar-refractivity contribution in [2.24, 2.45) is 5.41 Å². The lowest BCUT2D eigenvalue weighted by atomic mass is 9.84. The Morgan fingerprint density at radius 2 is 2.06 bits per heavy atom. The van der Waals surface area contributed by atoms with Gasteiger partial charge in [-0.15, -0.1) is 0 Å². The molecule has 16 heavy (non-hydrogen) atoms. The van der Waals surface area contributed by atoms with Gasteiger partial charge >= 0.3 is 0 Å². The zero-order valence-corrected chi connectivity index (χ0v) is 11.5. The van der Waals surface area contributed by atoms with E-state index in [1.807, 2.05) is 12.4 Å². The van der Waals surface area contributed by atoms with Gasteiger partial charge in [-0.05, 0) is 23.8 Å². The predicted molar refractivity (Wildman–Crippen MR) is 69.9 cm³/mol. The lowest BCUT2D eigenvalue weighted by Gasteiger charge is -2.37. The average molecular weight is 284 g/mol. The number of nitrogens with zero attached hydrogens (tertiary/aromatic N) is 3. The van der Waals surface area contributed by atoms with Gasteiger partial charge in [0.1, 0.15) is 0 Å². The Balaban J connectivity index is 2.11. The number of aromatic nitrogens is 2. The van der Waals surface area contributed by atoms with Gasteiger partial charge in [0.2, 0.25) is 5.95 Å². The Bertz CT molecular complexity index is 348. The van der Waals surface area contributed by atoms with Crippen molar-refractivity contribution in [3.63, 3.8) is 0 Å². The van der Waals surface area contributed by atoms with Gasteiger partial charge in [0.15, 0.2) is 0 Å². The van der Waals surface area contributed by atoms with E-state index >= 15 is 0 Å². The number of halogens is 1. The predicted octanol–water partition coefficient (Wildman–Crippen LogP) is 3.00. The SMILES string of the molecule is CC1(C)CCCN(c2ncc(CBr)cn2)C1. The Kier molecular flexibility index (Phi) is 3.47. The standard InChI is InChI=1S/C12H18BrN3/c1-12(2)4-3-5-16(9-12)11-14-7-10(6-13)8-15-11/h7-8H,3-6,9H2,1-2H3. The van der Waals surface area contributed by atoms with E-state index in [1.54, 1.807) is 0 Å². The highest BCUT2D eigenvalue weighted by Crippen LogP contribution is 2.29. The van der Waals surface area contributed by atoms with Crippen molar-refractivity contribution in [1.29, 1.82) is 0 Å². The molecule has 0 atom stereocenters. The third-order valence-corrected chi connectivity index (χ3v) is 3.68. The summed E-state index contributed by atoms with van der Waals surface area (Å²) in [7, 11) is 0. The summed E-state index contributed by atoms with van der Waals surface area (Å²) in [5.41, 5.74) is 1.51. The molecule has 1 saturated heterocycles. The molecule has 0 bridgehead atoms. The number of piperidine rings is 1. The zero-order valence-electron chi connectivity index (χ0n) is 9.91. The minimum atomic E-state index is 0.385. The van der Waals surface area contributed by atoms with Crippen molar-refractivity contribution in [3.05, 3.63) is 18.0 Å². The topological polar surface area (TPSA) is 29.0 Å². The van der Waals surface area contributed by atoms with E-state index < -0.39 is 0 Å². The fourth-order valence-electron chi connectivity index (χ4n) is 2.17. The second-order valence-corrected chi connectivity index (χ2v) is 5.78. The summed E-state index contributed by atoms with van der Waals surface area (Å²) in [6.07, 6.45) is 6.33.